The summed E-state index contributed by atoms with van der Waals surface area (Å²) in [4.78, 5) is 12.2. The molecule has 0 saturated carbocycles. The number of rotatable bonds is 6. The Hall–Kier alpha value is -2.57. The third kappa shape index (κ3) is 4.48. The molecular weight excluding hydrogens is 262 g/mol. The summed E-state index contributed by atoms with van der Waals surface area (Å²) in [5.74, 6) is 2.35. The van der Waals surface area contributed by atoms with Crippen LogP contribution in [0.1, 0.15) is 28.6 Å². The zero-order valence-electron chi connectivity index (χ0n) is 11.7. The normalized spacial score (nSPS) is 11.4. The van der Waals surface area contributed by atoms with Crippen LogP contribution in [0.25, 0.3) is 0 Å². The highest BCUT2D eigenvalue weighted by Gasteiger charge is 2.15. The largest absolute Gasteiger partial charge is 0.353 e. The maximum absolute atomic E-state index is 12.2. The Morgan fingerprint density at radius 3 is 2.33 bits per heavy atom. The molecule has 0 fully saturated rings. The fourth-order valence-electron chi connectivity index (χ4n) is 1.88. The van der Waals surface area contributed by atoms with Gasteiger partial charge in [0, 0.05) is 17.5 Å². The van der Waals surface area contributed by atoms with Crippen LogP contribution in [0.2, 0.25) is 0 Å². The van der Waals surface area contributed by atoms with Crippen molar-refractivity contribution >= 4 is 5.91 Å². The lowest BCUT2D eigenvalue weighted by atomic mass is 10.1. The highest BCUT2D eigenvalue weighted by Crippen LogP contribution is 2.15. The van der Waals surface area contributed by atoms with E-state index >= 15 is 0 Å². The predicted molar refractivity (Wildman–Crippen MR) is 82.5 cm³/mol. The lowest BCUT2D eigenvalue weighted by Crippen LogP contribution is -2.30. The number of hydrogen-bond donors (Lipinski definition) is 1. The van der Waals surface area contributed by atoms with Gasteiger partial charge in [-0.2, -0.15) is 0 Å². The summed E-state index contributed by atoms with van der Waals surface area (Å²) in [7, 11) is 0. The first-order valence-corrected chi connectivity index (χ1v) is 6.77. The van der Waals surface area contributed by atoms with Gasteiger partial charge in [0.05, 0.1) is 6.61 Å². The second-order valence-corrected chi connectivity index (χ2v) is 4.46. The predicted octanol–water partition coefficient (Wildman–Crippen LogP) is 3.16. The van der Waals surface area contributed by atoms with Gasteiger partial charge in [0.2, 0.25) is 0 Å². The number of ether oxygens (including phenoxy) is 1. The van der Waals surface area contributed by atoms with Gasteiger partial charge in [0.1, 0.15) is 0 Å². The van der Waals surface area contributed by atoms with E-state index in [1.54, 1.807) is 12.1 Å². The maximum Gasteiger partial charge on any atom is 0.253 e. The van der Waals surface area contributed by atoms with Gasteiger partial charge in [-0.05, 0) is 12.1 Å². The van der Waals surface area contributed by atoms with E-state index in [1.807, 2.05) is 48.5 Å². The topological polar surface area (TPSA) is 38.3 Å². The molecule has 0 aliphatic rings. The number of amides is 1. The summed E-state index contributed by atoms with van der Waals surface area (Å²) in [6.07, 6.45) is 5.23. The van der Waals surface area contributed by atoms with E-state index in [4.69, 9.17) is 11.2 Å². The molecule has 21 heavy (non-hydrogen) atoms. The zero-order valence-corrected chi connectivity index (χ0v) is 11.7. The van der Waals surface area contributed by atoms with Gasteiger partial charge in [-0.15, -0.1) is 12.3 Å². The summed E-state index contributed by atoms with van der Waals surface area (Å²) < 4.78 is 5.69. The molecule has 3 nitrogen and oxygen atoms in total. The number of hydrogen-bond acceptors (Lipinski definition) is 2. The van der Waals surface area contributed by atoms with Gasteiger partial charge in [-0.25, -0.2) is 0 Å². The third-order valence-corrected chi connectivity index (χ3v) is 2.93. The number of carbonyl (C=O) groups is 1. The van der Waals surface area contributed by atoms with E-state index in [0.717, 1.165) is 5.56 Å². The molecule has 1 amide bonds. The Kier molecular flexibility index (Phi) is 5.57. The van der Waals surface area contributed by atoms with Gasteiger partial charge in [-0.1, -0.05) is 48.5 Å². The van der Waals surface area contributed by atoms with Crippen molar-refractivity contribution in [3.8, 4) is 12.3 Å². The lowest BCUT2D eigenvalue weighted by Gasteiger charge is -2.19. The highest BCUT2D eigenvalue weighted by atomic mass is 16.5. The van der Waals surface area contributed by atoms with Crippen molar-refractivity contribution in [3.63, 3.8) is 0 Å². The second-order valence-electron chi connectivity index (χ2n) is 4.46. The maximum atomic E-state index is 12.2. The Balaban J connectivity index is 2.09. The van der Waals surface area contributed by atoms with Crippen molar-refractivity contribution < 1.29 is 9.53 Å². The fourth-order valence-corrected chi connectivity index (χ4v) is 1.88. The van der Waals surface area contributed by atoms with Gasteiger partial charge in [0.25, 0.3) is 5.91 Å². The molecule has 0 aliphatic heterocycles. The van der Waals surface area contributed by atoms with Crippen LogP contribution < -0.4 is 5.32 Å². The monoisotopic (exact) mass is 279 g/mol. The minimum atomic E-state index is -0.507. The number of benzene rings is 2. The van der Waals surface area contributed by atoms with Crippen molar-refractivity contribution in [2.24, 2.45) is 0 Å². The van der Waals surface area contributed by atoms with E-state index in [1.165, 1.54) is 0 Å². The van der Waals surface area contributed by atoms with E-state index in [2.05, 4.69) is 11.2 Å². The first-order chi connectivity index (χ1) is 10.3. The molecule has 1 N–H and O–H groups in total. The van der Waals surface area contributed by atoms with Gasteiger partial charge in [-0.3, -0.25) is 4.79 Å². The Bertz CT molecular complexity index is 602. The van der Waals surface area contributed by atoms with E-state index in [9.17, 15) is 4.79 Å². The van der Waals surface area contributed by atoms with Crippen LogP contribution in [0.5, 0.6) is 0 Å². The molecule has 3 heteroatoms. The summed E-state index contributed by atoms with van der Waals surface area (Å²) in [5.41, 5.74) is 1.48. The van der Waals surface area contributed by atoms with E-state index < -0.39 is 6.23 Å². The Morgan fingerprint density at radius 2 is 1.71 bits per heavy atom. The minimum absolute atomic E-state index is 0.176. The summed E-state index contributed by atoms with van der Waals surface area (Å²) in [6, 6.07) is 18.6. The van der Waals surface area contributed by atoms with Gasteiger partial charge in [0.15, 0.2) is 6.23 Å². The summed E-state index contributed by atoms with van der Waals surface area (Å²) >= 11 is 0. The second kappa shape index (κ2) is 7.88. The van der Waals surface area contributed by atoms with Crippen molar-refractivity contribution in [1.29, 1.82) is 0 Å². The van der Waals surface area contributed by atoms with E-state index in [0.29, 0.717) is 18.6 Å². The fraction of sp³-hybridized carbons (Fsp3) is 0.167. The Labute approximate surface area is 125 Å². The molecule has 0 saturated heterocycles. The lowest BCUT2D eigenvalue weighted by molar-refractivity contribution is 0.0296. The highest BCUT2D eigenvalue weighted by molar-refractivity contribution is 5.94. The van der Waals surface area contributed by atoms with Gasteiger partial charge >= 0.3 is 0 Å². The van der Waals surface area contributed by atoms with Crippen molar-refractivity contribution in [3.05, 3.63) is 71.8 Å². The van der Waals surface area contributed by atoms with Crippen LogP contribution in [0.15, 0.2) is 60.7 Å². The molecule has 0 spiro atoms. The number of terminal acetylenes is 1. The first kappa shape index (κ1) is 14.8. The molecule has 0 unspecified atom stereocenters. The quantitative estimate of drug-likeness (QED) is 0.501. The zero-order chi connectivity index (χ0) is 14.9. The molecule has 2 rings (SSSR count). The SMILES string of the molecule is C#CCCO[C@@H](NC(=O)c1ccccc1)c1ccccc1. The molecule has 0 radical (unpaired) electrons. The molecular formula is C18H17NO2. The van der Waals surface area contributed by atoms with Crippen LogP contribution in [0.4, 0.5) is 0 Å². The van der Waals surface area contributed by atoms with E-state index in [-0.39, 0.29) is 5.91 Å². The molecule has 0 bridgehead atoms. The van der Waals surface area contributed by atoms with Crippen LogP contribution in [-0.2, 0) is 4.74 Å². The van der Waals surface area contributed by atoms with Crippen LogP contribution in [-0.4, -0.2) is 12.5 Å². The molecule has 0 aliphatic carbocycles. The number of nitrogens with one attached hydrogen (secondary N) is 1. The molecule has 2 aromatic rings. The van der Waals surface area contributed by atoms with Crippen LogP contribution in [0, 0.1) is 12.3 Å². The molecule has 0 aromatic heterocycles. The number of carbonyl (C=O) groups excluding carboxylic acids is 1. The van der Waals surface area contributed by atoms with Crippen molar-refractivity contribution in [2.75, 3.05) is 6.61 Å². The average Bonchev–Trinajstić information content (AvgIpc) is 2.55. The molecule has 106 valence electrons. The van der Waals surface area contributed by atoms with Crippen molar-refractivity contribution in [1.82, 2.24) is 5.32 Å². The smallest absolute Gasteiger partial charge is 0.253 e. The molecule has 1 atom stereocenters. The Morgan fingerprint density at radius 1 is 1.10 bits per heavy atom. The van der Waals surface area contributed by atoms with Gasteiger partial charge < -0.3 is 10.1 Å². The molecule has 2 aromatic carbocycles. The first-order valence-electron chi connectivity index (χ1n) is 6.77. The van der Waals surface area contributed by atoms with Crippen LogP contribution in [0.3, 0.4) is 0 Å². The molecule has 0 heterocycles. The minimum Gasteiger partial charge on any atom is -0.353 e. The summed E-state index contributed by atoms with van der Waals surface area (Å²) in [6.45, 7) is 0.394. The summed E-state index contributed by atoms with van der Waals surface area (Å²) in [5, 5.41) is 2.88. The average molecular weight is 279 g/mol. The standard InChI is InChI=1S/C18H17NO2/c1-2-3-14-21-18(16-12-8-5-9-13-16)19-17(20)15-10-6-4-7-11-15/h1,4-13,18H,3,14H2,(H,19,20)/t18-/m1/s1. The third-order valence-electron chi connectivity index (χ3n) is 2.93. The van der Waals surface area contributed by atoms with Crippen LogP contribution >= 0.6 is 0 Å². The van der Waals surface area contributed by atoms with Crippen molar-refractivity contribution in [2.45, 2.75) is 12.6 Å².